The highest BCUT2D eigenvalue weighted by molar-refractivity contribution is 6.21. The molecule has 14 heavy (non-hydrogen) atoms. The first-order chi connectivity index (χ1) is 7.75. The van der Waals surface area contributed by atoms with Crippen molar-refractivity contribution in [1.82, 2.24) is 9.80 Å². The van der Waals surface area contributed by atoms with Gasteiger partial charge in [-0.2, -0.15) is 0 Å². The van der Waals surface area contributed by atoms with E-state index in [9.17, 15) is 9.59 Å². The van der Waals surface area contributed by atoms with Gasteiger partial charge in [0.25, 0.3) is 24.1 Å². The number of hydrogen-bond acceptors (Lipinski definition) is 3. The van der Waals surface area contributed by atoms with Crippen LogP contribution in [-0.4, -0.2) is 65.6 Å². The molecule has 1 unspecified atom stereocenters. The van der Waals surface area contributed by atoms with Crippen molar-refractivity contribution in [2.75, 3.05) is 21.1 Å². The average Bonchev–Trinajstić information content (AvgIpc) is 2.67. The molecule has 6 nitrogen and oxygen atoms in total. The van der Waals surface area contributed by atoms with E-state index in [1.165, 1.54) is 19.0 Å². The molecule has 1 saturated heterocycles. The largest absolute Gasteiger partial charge is 0.333 e. The minimum absolute atomic E-state index is 0.147. The molecule has 0 N–H and O–H groups in total. The molecule has 0 aromatic rings. The number of hydrogen-bond donors (Lipinski definition) is 0. The van der Waals surface area contributed by atoms with E-state index < -0.39 is 25.0 Å². The van der Waals surface area contributed by atoms with Crippen molar-refractivity contribution in [2.24, 2.45) is 4.99 Å². The fourth-order valence-corrected chi connectivity index (χ4v) is 1.48. The van der Waals surface area contributed by atoms with Crippen LogP contribution in [0.4, 0.5) is 4.79 Å². The van der Waals surface area contributed by atoms with Crippen LogP contribution >= 0.6 is 0 Å². The summed E-state index contributed by atoms with van der Waals surface area (Å²) in [6.45, 7) is -2.46. The lowest BCUT2D eigenvalue weighted by atomic mass is 10.2. The Hall–Kier alpha value is -1.72. The minimum atomic E-state index is -2.46. The van der Waals surface area contributed by atoms with Gasteiger partial charge in [-0.15, -0.1) is 0 Å². The van der Waals surface area contributed by atoms with Crippen LogP contribution in [0.3, 0.4) is 0 Å². The highest BCUT2D eigenvalue weighted by Gasteiger charge is 2.49. The highest BCUT2D eigenvalue weighted by atomic mass is 16.2. The van der Waals surface area contributed by atoms with E-state index in [1.54, 1.807) is 0 Å². The number of fused-ring (bicyclic) bond motifs is 1. The summed E-state index contributed by atoms with van der Waals surface area (Å²) in [5.74, 6) is -0.439. The summed E-state index contributed by atoms with van der Waals surface area (Å²) in [6, 6.07) is -1.57. The van der Waals surface area contributed by atoms with Crippen molar-refractivity contribution in [2.45, 2.75) is 6.04 Å². The van der Waals surface area contributed by atoms with Crippen LogP contribution in [0.1, 0.15) is 4.11 Å². The van der Waals surface area contributed by atoms with Gasteiger partial charge in [0.1, 0.15) is 0 Å². The molecule has 3 amide bonds. The molecule has 74 valence electrons. The van der Waals surface area contributed by atoms with Gasteiger partial charge in [0, 0.05) is 14.1 Å². The molecule has 0 saturated carbocycles. The maximum absolute atomic E-state index is 11.9. The first-order valence-corrected chi connectivity index (χ1v) is 4.00. The molecule has 6 heteroatoms. The molecule has 0 spiro atoms. The van der Waals surface area contributed by atoms with E-state index in [0.29, 0.717) is 0 Å². The fourth-order valence-electron chi connectivity index (χ4n) is 1.48. The Morgan fingerprint density at radius 2 is 2.21 bits per heavy atom. The zero-order valence-corrected chi connectivity index (χ0v) is 7.76. The normalized spacial score (nSPS) is 30.4. The van der Waals surface area contributed by atoms with Gasteiger partial charge in [0.05, 0.1) is 11.1 Å². The average molecular weight is 198 g/mol. The summed E-state index contributed by atoms with van der Waals surface area (Å²) >= 11 is 0. The molecule has 0 aliphatic carbocycles. The van der Waals surface area contributed by atoms with Crippen molar-refractivity contribution in [3.63, 3.8) is 0 Å². The highest BCUT2D eigenvalue weighted by Crippen LogP contribution is 2.15. The lowest BCUT2D eigenvalue weighted by Crippen LogP contribution is -2.61. The number of imide groups is 1. The van der Waals surface area contributed by atoms with Gasteiger partial charge in [-0.3, -0.25) is 14.6 Å². The number of aliphatic imine (C=N–C) groups is 1. The number of urea groups is 1. The third kappa shape index (κ3) is 0.905. The number of carbonyl (C=O) groups excluding carboxylic acids is 2. The van der Waals surface area contributed by atoms with Gasteiger partial charge in [0.2, 0.25) is 0 Å². The maximum Gasteiger partial charge on any atom is 0.333 e. The van der Waals surface area contributed by atoms with E-state index in [1.807, 2.05) is 0 Å². The number of rotatable bonds is 0. The number of nitrogens with zero attached hydrogens (tertiary/aromatic N) is 4. The molecular formula is C8H11N4O2+. The van der Waals surface area contributed by atoms with Crippen LogP contribution in [0.15, 0.2) is 4.99 Å². The summed E-state index contributed by atoms with van der Waals surface area (Å²) in [4.78, 5) is 29.4. The van der Waals surface area contributed by atoms with Crippen molar-refractivity contribution in [3.8, 4) is 0 Å². The lowest BCUT2D eigenvalue weighted by molar-refractivity contribution is -0.500. The standard InChI is InChI=1S/C8H11N4O2/c1-10-4-9-6-5(10)7(13)12(3)8(14)11(6)2/h4-5H,1-3H3/q+1/i1D3. The Kier molecular flexibility index (Phi) is 1.11. The molecular weight excluding hydrogens is 184 g/mol. The van der Waals surface area contributed by atoms with Crippen LogP contribution in [0.2, 0.25) is 0 Å². The van der Waals surface area contributed by atoms with Gasteiger partial charge in [-0.1, -0.05) is 0 Å². The topological polar surface area (TPSA) is 56.0 Å². The van der Waals surface area contributed by atoms with Crippen molar-refractivity contribution in [3.05, 3.63) is 0 Å². The molecule has 2 aliphatic heterocycles. The Morgan fingerprint density at radius 1 is 1.50 bits per heavy atom. The zero-order valence-electron chi connectivity index (χ0n) is 10.8. The van der Waals surface area contributed by atoms with E-state index in [0.717, 1.165) is 15.8 Å². The molecule has 0 radical (unpaired) electrons. The molecule has 2 rings (SSSR count). The van der Waals surface area contributed by atoms with Gasteiger partial charge in [-0.25, -0.2) is 9.37 Å². The summed E-state index contributed by atoms with van der Waals surface area (Å²) in [5.41, 5.74) is 0. The number of amidine groups is 1. The maximum atomic E-state index is 11.9. The minimum Gasteiger partial charge on any atom is -0.269 e. The van der Waals surface area contributed by atoms with Crippen molar-refractivity contribution in [1.29, 1.82) is 0 Å². The first-order valence-electron chi connectivity index (χ1n) is 5.50. The summed E-state index contributed by atoms with van der Waals surface area (Å²) < 4.78 is 22.8. The van der Waals surface area contributed by atoms with Crippen LogP contribution in [0.25, 0.3) is 0 Å². The van der Waals surface area contributed by atoms with Gasteiger partial charge >= 0.3 is 6.03 Å². The van der Waals surface area contributed by atoms with Gasteiger partial charge in [-0.05, 0) is 4.99 Å². The molecule has 1 atom stereocenters. The second-order valence-corrected chi connectivity index (χ2v) is 3.15. The summed E-state index contributed by atoms with van der Waals surface area (Å²) in [5, 5.41) is 0. The van der Waals surface area contributed by atoms with Crippen LogP contribution in [-0.2, 0) is 4.79 Å². The van der Waals surface area contributed by atoms with Crippen molar-refractivity contribution >= 4 is 24.1 Å². The van der Waals surface area contributed by atoms with Crippen LogP contribution < -0.4 is 0 Å². The monoisotopic (exact) mass is 198 g/mol. The Labute approximate surface area is 85.3 Å². The zero-order chi connectivity index (χ0) is 13.0. The number of amides is 3. The van der Waals surface area contributed by atoms with E-state index in [4.69, 9.17) is 4.11 Å². The lowest BCUT2D eigenvalue weighted by Gasteiger charge is -2.29. The SMILES string of the molecule is [2H]C([2H])([2H])[N+]1=CN=C2C1C(=O)N(C)C(=O)N2C. The number of likely N-dealkylation sites (N-methyl/N-ethyl adjacent to an activating group) is 3. The molecule has 2 heterocycles. The van der Waals surface area contributed by atoms with Crippen LogP contribution in [0, 0.1) is 0 Å². The van der Waals surface area contributed by atoms with Gasteiger partial charge in [0.15, 0.2) is 0 Å². The molecule has 2 aliphatic rings. The molecule has 1 fully saturated rings. The fraction of sp³-hybridized carbons (Fsp3) is 0.500. The predicted molar refractivity (Wildman–Crippen MR) is 49.4 cm³/mol. The molecule has 0 aromatic heterocycles. The predicted octanol–water partition coefficient (Wildman–Crippen LogP) is -1.04. The van der Waals surface area contributed by atoms with E-state index in [2.05, 4.69) is 4.99 Å². The smallest absolute Gasteiger partial charge is 0.269 e. The second kappa shape index (κ2) is 2.63. The first kappa shape index (κ1) is 5.90. The van der Waals surface area contributed by atoms with Crippen molar-refractivity contribution < 1.29 is 18.3 Å². The quantitative estimate of drug-likeness (QED) is 0.467. The Balaban J connectivity index is 2.43. The third-order valence-electron chi connectivity index (χ3n) is 2.32. The summed E-state index contributed by atoms with van der Waals surface area (Å²) in [6.07, 6.45) is 1.08. The molecule has 0 aromatic carbocycles. The Morgan fingerprint density at radius 3 is 2.86 bits per heavy atom. The van der Waals surface area contributed by atoms with E-state index >= 15 is 0 Å². The van der Waals surface area contributed by atoms with Crippen LogP contribution in [0.5, 0.6) is 0 Å². The Bertz CT molecular complexity index is 468. The van der Waals surface area contributed by atoms with Gasteiger partial charge < -0.3 is 0 Å². The second-order valence-electron chi connectivity index (χ2n) is 3.15. The number of carbonyl (C=O) groups is 2. The van der Waals surface area contributed by atoms with E-state index in [-0.39, 0.29) is 5.84 Å². The molecule has 0 bridgehead atoms. The third-order valence-corrected chi connectivity index (χ3v) is 2.32. The summed E-state index contributed by atoms with van der Waals surface area (Å²) in [7, 11) is 2.77.